The Balaban J connectivity index is 1.54. The lowest BCUT2D eigenvalue weighted by molar-refractivity contribution is 0.165. The fourth-order valence-corrected chi connectivity index (χ4v) is 4.23. The molecule has 2 aliphatic rings. The molecule has 2 saturated heterocycles. The van der Waals surface area contributed by atoms with E-state index in [0.29, 0.717) is 6.04 Å². The molecule has 2 fully saturated rings. The van der Waals surface area contributed by atoms with Crippen LogP contribution in [0.2, 0.25) is 0 Å². The van der Waals surface area contributed by atoms with Crippen LogP contribution in [0.15, 0.2) is 24.3 Å². The standard InChI is InChI=1S/C20H33N3/c1-17(2)21-11-6-12-22(16-15-21)19-9-13-23(14-10-19)20-8-5-4-7-18(20)3/h4-5,7-8,17,19H,6,9-16H2,1-3H3. The summed E-state index contributed by atoms with van der Waals surface area (Å²) in [4.78, 5) is 8.00. The van der Waals surface area contributed by atoms with Gasteiger partial charge >= 0.3 is 0 Å². The lowest BCUT2D eigenvalue weighted by Gasteiger charge is -2.39. The maximum absolute atomic E-state index is 2.78. The second kappa shape index (κ2) is 7.67. The summed E-state index contributed by atoms with van der Waals surface area (Å²) in [7, 11) is 0. The van der Waals surface area contributed by atoms with Crippen molar-refractivity contribution in [2.45, 2.75) is 52.1 Å². The summed E-state index contributed by atoms with van der Waals surface area (Å²) < 4.78 is 0. The highest BCUT2D eigenvalue weighted by Gasteiger charge is 2.27. The Bertz CT molecular complexity index is 491. The Kier molecular flexibility index (Phi) is 5.60. The molecule has 3 nitrogen and oxygen atoms in total. The van der Waals surface area contributed by atoms with Crippen LogP contribution in [-0.2, 0) is 0 Å². The van der Waals surface area contributed by atoms with Crippen LogP contribution in [0.4, 0.5) is 5.69 Å². The third-order valence-electron chi connectivity index (χ3n) is 5.73. The van der Waals surface area contributed by atoms with Crippen molar-refractivity contribution >= 4 is 5.69 Å². The van der Waals surface area contributed by atoms with Crippen molar-refractivity contribution in [3.05, 3.63) is 29.8 Å². The lowest BCUT2D eigenvalue weighted by Crippen LogP contribution is -2.46. The van der Waals surface area contributed by atoms with Crippen molar-refractivity contribution < 1.29 is 0 Å². The van der Waals surface area contributed by atoms with E-state index in [0.717, 1.165) is 6.04 Å². The van der Waals surface area contributed by atoms with Gasteiger partial charge in [-0.2, -0.15) is 0 Å². The summed E-state index contributed by atoms with van der Waals surface area (Å²) in [6.07, 6.45) is 3.96. The molecule has 1 aromatic rings. The van der Waals surface area contributed by atoms with Gasteiger partial charge in [-0.15, -0.1) is 0 Å². The van der Waals surface area contributed by atoms with E-state index in [4.69, 9.17) is 0 Å². The van der Waals surface area contributed by atoms with Gasteiger partial charge in [0.1, 0.15) is 0 Å². The Morgan fingerprint density at radius 3 is 2.35 bits per heavy atom. The number of anilines is 1. The summed E-state index contributed by atoms with van der Waals surface area (Å²) in [5, 5.41) is 0. The first kappa shape index (κ1) is 16.8. The van der Waals surface area contributed by atoms with Crippen LogP contribution >= 0.6 is 0 Å². The van der Waals surface area contributed by atoms with Gasteiger partial charge in [-0.05, 0) is 64.8 Å². The van der Waals surface area contributed by atoms with Gasteiger partial charge in [0.25, 0.3) is 0 Å². The first-order valence-corrected chi connectivity index (χ1v) is 9.44. The van der Waals surface area contributed by atoms with Crippen molar-refractivity contribution in [3.8, 4) is 0 Å². The highest BCUT2D eigenvalue weighted by molar-refractivity contribution is 5.53. The first-order valence-electron chi connectivity index (χ1n) is 9.44. The molecule has 0 radical (unpaired) electrons. The van der Waals surface area contributed by atoms with Crippen LogP contribution in [0.25, 0.3) is 0 Å². The van der Waals surface area contributed by atoms with E-state index in [1.54, 1.807) is 0 Å². The predicted molar refractivity (Wildman–Crippen MR) is 99.3 cm³/mol. The second-order valence-corrected chi connectivity index (χ2v) is 7.52. The maximum atomic E-state index is 2.78. The van der Waals surface area contributed by atoms with Crippen molar-refractivity contribution in [1.29, 1.82) is 0 Å². The van der Waals surface area contributed by atoms with Gasteiger partial charge in [0.05, 0.1) is 0 Å². The Labute approximate surface area is 142 Å². The Morgan fingerprint density at radius 1 is 0.913 bits per heavy atom. The molecule has 0 N–H and O–H groups in total. The van der Waals surface area contributed by atoms with Crippen LogP contribution in [0.3, 0.4) is 0 Å². The van der Waals surface area contributed by atoms with Gasteiger partial charge in [-0.1, -0.05) is 18.2 Å². The summed E-state index contributed by atoms with van der Waals surface area (Å²) in [6.45, 7) is 14.4. The van der Waals surface area contributed by atoms with E-state index >= 15 is 0 Å². The van der Waals surface area contributed by atoms with Crippen LogP contribution in [0.5, 0.6) is 0 Å². The summed E-state index contributed by atoms with van der Waals surface area (Å²) in [6, 6.07) is 10.3. The average molecular weight is 316 g/mol. The topological polar surface area (TPSA) is 9.72 Å². The van der Waals surface area contributed by atoms with Crippen LogP contribution < -0.4 is 4.90 Å². The van der Waals surface area contributed by atoms with E-state index in [1.165, 1.54) is 69.8 Å². The van der Waals surface area contributed by atoms with E-state index < -0.39 is 0 Å². The van der Waals surface area contributed by atoms with Crippen molar-refractivity contribution in [3.63, 3.8) is 0 Å². The molecule has 0 unspecified atom stereocenters. The van der Waals surface area contributed by atoms with Gasteiger partial charge < -0.3 is 4.90 Å². The monoisotopic (exact) mass is 315 g/mol. The molecule has 0 amide bonds. The minimum atomic E-state index is 0.692. The second-order valence-electron chi connectivity index (χ2n) is 7.52. The van der Waals surface area contributed by atoms with E-state index in [9.17, 15) is 0 Å². The minimum absolute atomic E-state index is 0.692. The molecule has 0 atom stereocenters. The predicted octanol–water partition coefficient (Wildman–Crippen LogP) is 3.38. The van der Waals surface area contributed by atoms with Crippen molar-refractivity contribution in [1.82, 2.24) is 9.80 Å². The molecule has 128 valence electrons. The van der Waals surface area contributed by atoms with Gasteiger partial charge in [0.15, 0.2) is 0 Å². The molecule has 3 rings (SSSR count). The lowest BCUT2D eigenvalue weighted by atomic mass is 10.0. The summed E-state index contributed by atoms with van der Waals surface area (Å²) in [5.74, 6) is 0. The fraction of sp³-hybridized carbons (Fsp3) is 0.700. The molecular weight excluding hydrogens is 282 g/mol. The maximum Gasteiger partial charge on any atom is 0.0395 e. The molecule has 0 spiro atoms. The third kappa shape index (κ3) is 4.07. The molecular formula is C20H33N3. The Morgan fingerprint density at radius 2 is 1.65 bits per heavy atom. The summed E-state index contributed by atoms with van der Waals surface area (Å²) >= 11 is 0. The van der Waals surface area contributed by atoms with Gasteiger partial charge in [0.2, 0.25) is 0 Å². The largest absolute Gasteiger partial charge is 0.371 e. The van der Waals surface area contributed by atoms with Gasteiger partial charge in [-0.3, -0.25) is 9.80 Å². The number of nitrogens with zero attached hydrogens (tertiary/aromatic N) is 3. The number of rotatable bonds is 3. The molecule has 3 heteroatoms. The molecule has 0 aromatic heterocycles. The zero-order valence-electron chi connectivity index (χ0n) is 15.2. The van der Waals surface area contributed by atoms with E-state index in [2.05, 4.69) is 59.7 Å². The molecule has 0 bridgehead atoms. The number of aryl methyl sites for hydroxylation is 1. The summed E-state index contributed by atoms with van der Waals surface area (Å²) in [5.41, 5.74) is 2.85. The first-order chi connectivity index (χ1) is 11.1. The van der Waals surface area contributed by atoms with Crippen molar-refractivity contribution in [2.24, 2.45) is 0 Å². The molecule has 0 saturated carbocycles. The number of hydrogen-bond acceptors (Lipinski definition) is 3. The third-order valence-corrected chi connectivity index (χ3v) is 5.73. The van der Waals surface area contributed by atoms with E-state index in [-0.39, 0.29) is 0 Å². The average Bonchev–Trinajstić information content (AvgIpc) is 2.82. The van der Waals surface area contributed by atoms with Crippen molar-refractivity contribution in [2.75, 3.05) is 44.2 Å². The molecule has 23 heavy (non-hydrogen) atoms. The highest BCUT2D eigenvalue weighted by atomic mass is 15.3. The highest BCUT2D eigenvalue weighted by Crippen LogP contribution is 2.26. The fourth-order valence-electron chi connectivity index (χ4n) is 4.23. The number of benzene rings is 1. The molecule has 0 aliphatic carbocycles. The number of hydrogen-bond donors (Lipinski definition) is 0. The Hall–Kier alpha value is -1.06. The van der Waals surface area contributed by atoms with E-state index in [1.807, 2.05) is 0 Å². The van der Waals surface area contributed by atoms with Crippen LogP contribution in [-0.4, -0.2) is 61.2 Å². The molecule has 2 aliphatic heterocycles. The quantitative estimate of drug-likeness (QED) is 0.846. The molecule has 2 heterocycles. The minimum Gasteiger partial charge on any atom is -0.371 e. The van der Waals surface area contributed by atoms with Gasteiger partial charge in [-0.25, -0.2) is 0 Å². The van der Waals surface area contributed by atoms with Gasteiger partial charge in [0, 0.05) is 44.0 Å². The zero-order chi connectivity index (χ0) is 16.2. The number of piperidine rings is 1. The zero-order valence-corrected chi connectivity index (χ0v) is 15.2. The smallest absolute Gasteiger partial charge is 0.0395 e. The van der Waals surface area contributed by atoms with Crippen LogP contribution in [0, 0.1) is 6.92 Å². The number of para-hydroxylation sites is 1. The normalized spacial score (nSPS) is 22.5. The SMILES string of the molecule is Cc1ccccc1N1CCC(N2CCCN(C(C)C)CC2)CC1. The molecule has 1 aromatic carbocycles. The van der Waals surface area contributed by atoms with Crippen LogP contribution in [0.1, 0.15) is 38.7 Å².